The summed E-state index contributed by atoms with van der Waals surface area (Å²) in [4.78, 5) is 16.0. The molecule has 3 fully saturated rings. The molecule has 0 spiro atoms. The smallest absolute Gasteiger partial charge is 0.311 e. The Morgan fingerprint density at radius 1 is 0.902 bits per heavy atom. The summed E-state index contributed by atoms with van der Waals surface area (Å²) in [6.07, 6.45) is -5.29. The lowest BCUT2D eigenvalue weighted by Gasteiger charge is -2.49. The lowest BCUT2D eigenvalue weighted by atomic mass is 9.75. The van der Waals surface area contributed by atoms with E-state index < -0.39 is 83.8 Å². The van der Waals surface area contributed by atoms with E-state index in [2.05, 4.69) is 13.8 Å². The van der Waals surface area contributed by atoms with Crippen molar-refractivity contribution in [1.82, 2.24) is 4.90 Å². The van der Waals surface area contributed by atoms with Crippen LogP contribution in [0.2, 0.25) is 0 Å². The number of nitrogens with zero attached hydrogens (tertiary/aromatic N) is 1. The maximum atomic E-state index is 14.1. The third-order valence-electron chi connectivity index (χ3n) is 11.8. The van der Waals surface area contributed by atoms with Crippen LogP contribution in [0, 0.1) is 23.7 Å². The Bertz CT molecular complexity index is 1090. The SMILES string of the molecule is CC[C@H]1OC(=O)[C@H](C)[C@@H](O[C@H]2C[C@@](C)(OC)[C@@H](O)[C@H](C)O2)[C@H](C)[C@@H](O[C@@H]2O[C@H](C)C[C@H](N(C)CCO)[C@H]2O)[C@@](C)(O)C[C@@H](C)C[C@H](C)C[C@]1(C)O. The largest absolute Gasteiger partial charge is 0.459 e. The van der Waals surface area contributed by atoms with Crippen molar-refractivity contribution < 1.29 is 58.7 Å². The molecule has 3 rings (SSSR count). The first-order valence-corrected chi connectivity index (χ1v) is 19.1. The van der Waals surface area contributed by atoms with E-state index in [1.54, 1.807) is 34.6 Å². The number of rotatable bonds is 9. The van der Waals surface area contributed by atoms with Crippen LogP contribution in [0.4, 0.5) is 0 Å². The van der Waals surface area contributed by atoms with Crippen LogP contribution in [0.5, 0.6) is 0 Å². The van der Waals surface area contributed by atoms with E-state index >= 15 is 0 Å². The van der Waals surface area contributed by atoms with E-state index in [1.807, 2.05) is 32.7 Å². The summed E-state index contributed by atoms with van der Waals surface area (Å²) in [7, 11) is 3.35. The first-order valence-electron chi connectivity index (χ1n) is 19.1. The van der Waals surface area contributed by atoms with Crippen LogP contribution in [0.3, 0.4) is 0 Å². The van der Waals surface area contributed by atoms with Gasteiger partial charge >= 0.3 is 5.97 Å². The molecular formula is C38H71NO12. The summed E-state index contributed by atoms with van der Waals surface area (Å²) in [6.45, 7) is 18.6. The number of aliphatic hydroxyl groups excluding tert-OH is 3. The maximum absolute atomic E-state index is 14.1. The summed E-state index contributed by atoms with van der Waals surface area (Å²) in [5.74, 6) is -2.17. The Labute approximate surface area is 306 Å². The van der Waals surface area contributed by atoms with E-state index in [-0.39, 0.29) is 37.0 Å². The molecule has 0 bridgehead atoms. The number of hydrogen-bond acceptors (Lipinski definition) is 13. The number of aliphatic hydroxyl groups is 5. The second-order valence-electron chi connectivity index (χ2n) is 17.0. The highest BCUT2D eigenvalue weighted by atomic mass is 16.7. The van der Waals surface area contributed by atoms with Gasteiger partial charge in [-0.05, 0) is 92.5 Å². The van der Waals surface area contributed by atoms with Gasteiger partial charge < -0.3 is 54.0 Å². The predicted octanol–water partition coefficient (Wildman–Crippen LogP) is 3.00. The van der Waals surface area contributed by atoms with E-state index in [1.165, 1.54) is 7.11 Å². The van der Waals surface area contributed by atoms with Crippen molar-refractivity contribution in [2.75, 3.05) is 27.3 Å². The Morgan fingerprint density at radius 2 is 1.51 bits per heavy atom. The summed E-state index contributed by atoms with van der Waals surface area (Å²) in [5, 5.41) is 56.2. The quantitative estimate of drug-likeness (QED) is 0.219. The van der Waals surface area contributed by atoms with Gasteiger partial charge in [0.2, 0.25) is 0 Å². The van der Waals surface area contributed by atoms with E-state index in [0.29, 0.717) is 38.6 Å². The van der Waals surface area contributed by atoms with Crippen molar-refractivity contribution in [1.29, 1.82) is 0 Å². The minimum absolute atomic E-state index is 0.00237. The number of methoxy groups -OCH3 is 1. The van der Waals surface area contributed by atoms with Crippen molar-refractivity contribution in [3.63, 3.8) is 0 Å². The maximum Gasteiger partial charge on any atom is 0.311 e. The molecule has 0 aromatic heterocycles. The summed E-state index contributed by atoms with van der Waals surface area (Å²) >= 11 is 0. The number of ether oxygens (including phenoxy) is 6. The van der Waals surface area contributed by atoms with Crippen LogP contribution in [0.15, 0.2) is 0 Å². The normalized spacial score (nSPS) is 48.2. The van der Waals surface area contributed by atoms with Gasteiger partial charge in [-0.3, -0.25) is 9.69 Å². The van der Waals surface area contributed by atoms with E-state index in [9.17, 15) is 30.3 Å². The molecule has 0 radical (unpaired) electrons. The number of cyclic esters (lactones) is 1. The molecule has 17 atom stereocenters. The van der Waals surface area contributed by atoms with Crippen LogP contribution >= 0.6 is 0 Å². The van der Waals surface area contributed by atoms with Gasteiger partial charge in [-0.15, -0.1) is 0 Å². The fourth-order valence-electron chi connectivity index (χ4n) is 9.07. The van der Waals surface area contributed by atoms with Gasteiger partial charge in [0.05, 0.1) is 53.7 Å². The average Bonchev–Trinajstić information content (AvgIpc) is 3.03. The number of carbonyl (C=O) groups excluding carboxylic acids is 1. The molecule has 13 nitrogen and oxygen atoms in total. The second kappa shape index (κ2) is 18.1. The third-order valence-corrected chi connectivity index (χ3v) is 11.8. The molecule has 5 N–H and O–H groups in total. The topological polar surface area (TPSA) is 177 Å². The van der Waals surface area contributed by atoms with Gasteiger partial charge in [-0.25, -0.2) is 0 Å². The van der Waals surface area contributed by atoms with Crippen molar-refractivity contribution in [3.05, 3.63) is 0 Å². The molecule has 0 unspecified atom stereocenters. The molecule has 0 aromatic carbocycles. The zero-order chi connectivity index (χ0) is 38.6. The van der Waals surface area contributed by atoms with Crippen LogP contribution < -0.4 is 0 Å². The molecule has 3 aliphatic rings. The van der Waals surface area contributed by atoms with Crippen LogP contribution in [-0.2, 0) is 33.2 Å². The minimum atomic E-state index is -1.50. The van der Waals surface area contributed by atoms with Gasteiger partial charge in [-0.2, -0.15) is 0 Å². The highest BCUT2D eigenvalue weighted by molar-refractivity contribution is 5.73. The molecule has 3 heterocycles. The van der Waals surface area contributed by atoms with Crippen LogP contribution in [0.1, 0.15) is 108 Å². The zero-order valence-electron chi connectivity index (χ0n) is 33.3. The molecule has 0 aromatic rings. The fourth-order valence-corrected chi connectivity index (χ4v) is 9.07. The van der Waals surface area contributed by atoms with Gasteiger partial charge in [0.1, 0.15) is 18.3 Å². The number of hydrogen-bond donors (Lipinski definition) is 5. The molecule has 0 aliphatic carbocycles. The first kappa shape index (κ1) is 44.4. The lowest BCUT2D eigenvalue weighted by Crippen LogP contribution is -2.61. The highest BCUT2D eigenvalue weighted by Crippen LogP contribution is 2.41. The van der Waals surface area contributed by atoms with Crippen molar-refractivity contribution in [2.45, 2.75) is 186 Å². The molecule has 0 amide bonds. The molecule has 3 saturated heterocycles. The van der Waals surface area contributed by atoms with Crippen LogP contribution in [0.25, 0.3) is 0 Å². The van der Waals surface area contributed by atoms with E-state index in [0.717, 1.165) is 0 Å². The molecule has 300 valence electrons. The van der Waals surface area contributed by atoms with Crippen molar-refractivity contribution in [2.24, 2.45) is 23.7 Å². The van der Waals surface area contributed by atoms with Gasteiger partial charge in [0.25, 0.3) is 0 Å². The van der Waals surface area contributed by atoms with Crippen molar-refractivity contribution >= 4 is 5.97 Å². The Hall–Kier alpha value is -0.970. The fraction of sp³-hybridized carbons (Fsp3) is 0.974. The Balaban J connectivity index is 2.12. The molecule has 0 saturated carbocycles. The van der Waals surface area contributed by atoms with Gasteiger partial charge in [0.15, 0.2) is 12.6 Å². The highest BCUT2D eigenvalue weighted by Gasteiger charge is 2.52. The molecule has 3 aliphatic heterocycles. The number of esters is 1. The standard InChI is InChI=1S/C38H71NO12/c1-13-28-36(8,44)18-21(2)16-22(3)19-37(9,45)33(51-35-30(41)27(17-23(4)47-35)39(11)14-15-40)24(5)31(25(6)34(43)49-28)50-29-20-38(10,46-12)32(42)26(7)48-29/h21-33,35,40-42,44-45H,13-20H2,1-12H3/t21-,22-,23+,24-,25+,26-,27-,28+,29-,30+,31-,32-,33+,35-,36-,37-,38+/m0/s1. The third kappa shape index (κ3) is 10.8. The minimum Gasteiger partial charge on any atom is -0.459 e. The first-order chi connectivity index (χ1) is 23.6. The average molecular weight is 734 g/mol. The number of carbonyl (C=O) groups is 1. The van der Waals surface area contributed by atoms with Crippen LogP contribution in [-0.4, -0.2) is 142 Å². The zero-order valence-corrected chi connectivity index (χ0v) is 33.3. The second-order valence-corrected chi connectivity index (χ2v) is 17.0. The Morgan fingerprint density at radius 3 is 2.08 bits per heavy atom. The van der Waals surface area contributed by atoms with Gasteiger partial charge in [0, 0.05) is 32.0 Å². The summed E-state index contributed by atoms with van der Waals surface area (Å²) in [6, 6.07) is -0.376. The summed E-state index contributed by atoms with van der Waals surface area (Å²) < 4.78 is 37.6. The predicted molar refractivity (Wildman–Crippen MR) is 191 cm³/mol. The Kier molecular flexibility index (Phi) is 15.8. The molecule has 51 heavy (non-hydrogen) atoms. The van der Waals surface area contributed by atoms with Crippen molar-refractivity contribution in [3.8, 4) is 0 Å². The molecular weight excluding hydrogens is 662 g/mol. The molecule has 13 heteroatoms. The number of likely N-dealkylation sites (N-methyl/N-ethyl adjacent to an activating group) is 1. The van der Waals surface area contributed by atoms with Gasteiger partial charge in [-0.1, -0.05) is 27.7 Å². The summed E-state index contributed by atoms with van der Waals surface area (Å²) in [5.41, 5.74) is -3.79. The lowest BCUT2D eigenvalue weighted by molar-refractivity contribution is -0.318. The monoisotopic (exact) mass is 733 g/mol. The van der Waals surface area contributed by atoms with E-state index in [4.69, 9.17) is 28.4 Å².